The molecule has 1 fully saturated rings. The monoisotopic (exact) mass is 417 g/mol. The van der Waals surface area contributed by atoms with Gasteiger partial charge in [0.1, 0.15) is 23.2 Å². The standard InChI is InChI=1S/C23H23N5O3/c1-13-18(7-15(9-24)23(29)28(13)3)20-11-25-14(2)27-22(20)31-12-16-8-19(16)21-6-5-17(30-4)10-26-21/h5-7,10-11,16,19H,8,12H2,1-4H3/t16-,19+/m1/s1. The maximum atomic E-state index is 12.2. The van der Waals surface area contributed by atoms with Crippen molar-refractivity contribution in [2.75, 3.05) is 13.7 Å². The Morgan fingerprint density at radius 2 is 2.03 bits per heavy atom. The van der Waals surface area contributed by atoms with E-state index in [1.807, 2.05) is 25.1 Å². The van der Waals surface area contributed by atoms with Gasteiger partial charge in [0.25, 0.3) is 5.56 Å². The number of pyridine rings is 2. The third-order valence-corrected chi connectivity index (χ3v) is 5.73. The molecule has 8 heteroatoms. The van der Waals surface area contributed by atoms with Crippen molar-refractivity contribution in [2.45, 2.75) is 26.2 Å². The summed E-state index contributed by atoms with van der Waals surface area (Å²) in [4.78, 5) is 25.5. The minimum atomic E-state index is -0.327. The van der Waals surface area contributed by atoms with E-state index in [1.165, 1.54) is 4.57 Å². The molecule has 3 aromatic rings. The zero-order valence-corrected chi connectivity index (χ0v) is 17.9. The van der Waals surface area contributed by atoms with Gasteiger partial charge in [-0.2, -0.15) is 10.2 Å². The van der Waals surface area contributed by atoms with Crippen LogP contribution in [0.5, 0.6) is 11.6 Å². The van der Waals surface area contributed by atoms with Gasteiger partial charge in [-0.25, -0.2) is 4.98 Å². The van der Waals surface area contributed by atoms with Crippen LogP contribution < -0.4 is 15.0 Å². The van der Waals surface area contributed by atoms with Gasteiger partial charge in [-0.3, -0.25) is 9.78 Å². The summed E-state index contributed by atoms with van der Waals surface area (Å²) in [7, 11) is 3.27. The van der Waals surface area contributed by atoms with Crippen LogP contribution in [0.25, 0.3) is 11.1 Å². The minimum Gasteiger partial charge on any atom is -0.495 e. The fourth-order valence-corrected chi connectivity index (χ4v) is 3.63. The maximum absolute atomic E-state index is 12.2. The average molecular weight is 417 g/mol. The zero-order valence-electron chi connectivity index (χ0n) is 17.9. The third-order valence-electron chi connectivity index (χ3n) is 5.73. The molecule has 0 saturated heterocycles. The number of nitrogens with zero attached hydrogens (tertiary/aromatic N) is 5. The topological polar surface area (TPSA) is 103 Å². The Labute approximate surface area is 180 Å². The largest absolute Gasteiger partial charge is 0.495 e. The summed E-state index contributed by atoms with van der Waals surface area (Å²) in [5.74, 6) is 2.47. The lowest BCUT2D eigenvalue weighted by Gasteiger charge is -2.15. The molecule has 3 aromatic heterocycles. The number of rotatable bonds is 6. The molecule has 2 atom stereocenters. The number of aryl methyl sites for hydroxylation is 1. The third kappa shape index (κ3) is 3.99. The van der Waals surface area contributed by atoms with Crippen LogP contribution in [0.4, 0.5) is 0 Å². The fraction of sp³-hybridized carbons (Fsp3) is 0.348. The molecule has 158 valence electrons. The molecule has 0 amide bonds. The number of methoxy groups -OCH3 is 1. The van der Waals surface area contributed by atoms with Crippen molar-refractivity contribution in [1.29, 1.82) is 5.26 Å². The number of aromatic nitrogens is 4. The Bertz CT molecular complexity index is 1230. The summed E-state index contributed by atoms with van der Waals surface area (Å²) < 4.78 is 12.7. The average Bonchev–Trinajstić information content (AvgIpc) is 3.56. The predicted molar refractivity (Wildman–Crippen MR) is 114 cm³/mol. The van der Waals surface area contributed by atoms with E-state index < -0.39 is 0 Å². The zero-order chi connectivity index (χ0) is 22.1. The highest BCUT2D eigenvalue weighted by Crippen LogP contribution is 2.47. The first-order valence-corrected chi connectivity index (χ1v) is 10.0. The van der Waals surface area contributed by atoms with Gasteiger partial charge in [-0.15, -0.1) is 0 Å². The first-order chi connectivity index (χ1) is 14.9. The molecule has 0 spiro atoms. The predicted octanol–water partition coefficient (Wildman–Crippen LogP) is 2.92. The summed E-state index contributed by atoms with van der Waals surface area (Å²) in [6.45, 7) is 4.12. The smallest absolute Gasteiger partial charge is 0.268 e. The van der Waals surface area contributed by atoms with Crippen molar-refractivity contribution < 1.29 is 9.47 Å². The summed E-state index contributed by atoms with van der Waals surface area (Å²) >= 11 is 0. The van der Waals surface area contributed by atoms with E-state index in [-0.39, 0.29) is 11.1 Å². The van der Waals surface area contributed by atoms with Crippen LogP contribution in [0, 0.1) is 31.1 Å². The van der Waals surface area contributed by atoms with Crippen LogP contribution in [-0.4, -0.2) is 33.2 Å². The number of hydrogen-bond donors (Lipinski definition) is 0. The van der Waals surface area contributed by atoms with Gasteiger partial charge in [0.05, 0.1) is 25.5 Å². The highest BCUT2D eigenvalue weighted by molar-refractivity contribution is 5.71. The Kier molecular flexibility index (Phi) is 5.42. The Morgan fingerprint density at radius 1 is 1.23 bits per heavy atom. The molecule has 0 bridgehead atoms. The van der Waals surface area contributed by atoms with Gasteiger partial charge in [-0.1, -0.05) is 0 Å². The second-order valence-electron chi connectivity index (χ2n) is 7.71. The number of hydrogen-bond acceptors (Lipinski definition) is 7. The quantitative estimate of drug-likeness (QED) is 0.607. The maximum Gasteiger partial charge on any atom is 0.268 e. The van der Waals surface area contributed by atoms with Gasteiger partial charge in [0.15, 0.2) is 0 Å². The van der Waals surface area contributed by atoms with Crippen molar-refractivity contribution in [3.8, 4) is 28.8 Å². The summed E-state index contributed by atoms with van der Waals surface area (Å²) in [6.07, 6.45) is 4.41. The van der Waals surface area contributed by atoms with Crippen LogP contribution in [0.15, 0.2) is 35.4 Å². The lowest BCUT2D eigenvalue weighted by molar-refractivity contribution is 0.285. The van der Waals surface area contributed by atoms with E-state index in [0.717, 1.165) is 17.9 Å². The molecule has 1 saturated carbocycles. The number of nitriles is 1. The van der Waals surface area contributed by atoms with E-state index in [9.17, 15) is 10.1 Å². The van der Waals surface area contributed by atoms with Crippen LogP contribution in [-0.2, 0) is 7.05 Å². The van der Waals surface area contributed by atoms with E-state index in [2.05, 4.69) is 15.0 Å². The summed E-state index contributed by atoms with van der Waals surface area (Å²) in [5, 5.41) is 9.33. The van der Waals surface area contributed by atoms with Gasteiger partial charge in [0.2, 0.25) is 5.88 Å². The Hall–Kier alpha value is -3.73. The first-order valence-electron chi connectivity index (χ1n) is 10.0. The summed E-state index contributed by atoms with van der Waals surface area (Å²) in [5.41, 5.74) is 2.86. The molecular formula is C23H23N5O3. The highest BCUT2D eigenvalue weighted by atomic mass is 16.5. The lowest BCUT2D eigenvalue weighted by atomic mass is 10.0. The molecule has 0 aliphatic heterocycles. The molecule has 0 aromatic carbocycles. The van der Waals surface area contributed by atoms with Crippen LogP contribution in [0.1, 0.15) is 35.1 Å². The first kappa shape index (κ1) is 20.5. The second-order valence-corrected chi connectivity index (χ2v) is 7.71. The van der Waals surface area contributed by atoms with Gasteiger partial charge in [0, 0.05) is 42.0 Å². The van der Waals surface area contributed by atoms with Crippen molar-refractivity contribution >= 4 is 0 Å². The van der Waals surface area contributed by atoms with Gasteiger partial charge < -0.3 is 14.0 Å². The Balaban J connectivity index is 1.57. The fourth-order valence-electron chi connectivity index (χ4n) is 3.63. The molecule has 4 rings (SSSR count). The van der Waals surface area contributed by atoms with Crippen LogP contribution in [0.2, 0.25) is 0 Å². The van der Waals surface area contributed by atoms with E-state index >= 15 is 0 Å². The molecule has 31 heavy (non-hydrogen) atoms. The van der Waals surface area contributed by atoms with Crippen molar-refractivity contribution in [3.63, 3.8) is 0 Å². The molecule has 8 nitrogen and oxygen atoms in total. The molecule has 0 unspecified atom stereocenters. The van der Waals surface area contributed by atoms with Gasteiger partial charge in [-0.05, 0) is 38.5 Å². The van der Waals surface area contributed by atoms with Gasteiger partial charge >= 0.3 is 0 Å². The van der Waals surface area contributed by atoms with Crippen molar-refractivity contribution in [2.24, 2.45) is 13.0 Å². The number of ether oxygens (including phenoxy) is 2. The molecule has 1 aliphatic carbocycles. The molecule has 0 radical (unpaired) electrons. The van der Waals surface area contributed by atoms with E-state index in [0.29, 0.717) is 47.0 Å². The SMILES string of the molecule is COc1ccc([C@H]2C[C@@H]2COc2nc(C)ncc2-c2cc(C#N)c(=O)n(C)c2C)nc1. The van der Waals surface area contributed by atoms with Crippen LogP contribution in [0.3, 0.4) is 0 Å². The normalized spacial score (nSPS) is 17.1. The van der Waals surface area contributed by atoms with Crippen LogP contribution >= 0.6 is 0 Å². The lowest BCUT2D eigenvalue weighted by Crippen LogP contribution is -2.22. The molecule has 0 N–H and O–H groups in total. The van der Waals surface area contributed by atoms with E-state index in [4.69, 9.17) is 9.47 Å². The second kappa shape index (κ2) is 8.19. The molecule has 3 heterocycles. The van der Waals surface area contributed by atoms with E-state index in [1.54, 1.807) is 39.5 Å². The molecular weight excluding hydrogens is 394 g/mol. The van der Waals surface area contributed by atoms with Crippen molar-refractivity contribution in [1.82, 2.24) is 19.5 Å². The highest BCUT2D eigenvalue weighted by Gasteiger charge is 2.40. The summed E-state index contributed by atoms with van der Waals surface area (Å²) in [6, 6.07) is 7.45. The van der Waals surface area contributed by atoms with Crippen molar-refractivity contribution in [3.05, 3.63) is 63.7 Å². The minimum absolute atomic E-state index is 0.0717. The molecule has 1 aliphatic rings. The Morgan fingerprint density at radius 3 is 2.71 bits per heavy atom.